The molecule has 26 heavy (non-hydrogen) atoms. The first kappa shape index (κ1) is 18.4. The number of fused-ring (bicyclic) bond motifs is 1. The van der Waals surface area contributed by atoms with Crippen LogP contribution in [0.25, 0.3) is 11.0 Å². The minimum atomic E-state index is -0.335. The van der Waals surface area contributed by atoms with E-state index in [1.807, 2.05) is 18.2 Å². The predicted octanol–water partition coefficient (Wildman–Crippen LogP) is 1.17. The summed E-state index contributed by atoms with van der Waals surface area (Å²) in [4.78, 5) is 31.0. The molecule has 0 saturated heterocycles. The van der Waals surface area contributed by atoms with Gasteiger partial charge in [-0.1, -0.05) is 41.6 Å². The Hall–Kier alpha value is -2.36. The predicted molar refractivity (Wildman–Crippen MR) is 99.3 cm³/mol. The van der Waals surface area contributed by atoms with E-state index in [9.17, 15) is 9.59 Å². The summed E-state index contributed by atoms with van der Waals surface area (Å²) in [5.74, 6) is -0.117. The van der Waals surface area contributed by atoms with Gasteiger partial charge in [-0.2, -0.15) is 5.10 Å². The fourth-order valence-corrected chi connectivity index (χ4v) is 3.18. The molecule has 0 atom stereocenters. The number of halogens is 1. The van der Waals surface area contributed by atoms with Gasteiger partial charge in [0, 0.05) is 11.6 Å². The van der Waals surface area contributed by atoms with Crippen LogP contribution in [-0.2, 0) is 17.9 Å². The van der Waals surface area contributed by atoms with Crippen molar-refractivity contribution < 1.29 is 9.90 Å². The number of thioether (sulfide) groups is 1. The Bertz CT molecular complexity index is 987. The molecule has 0 aliphatic carbocycles. The number of carbonyl (C=O) groups is 1. The van der Waals surface area contributed by atoms with E-state index in [-0.39, 0.29) is 30.4 Å². The zero-order valence-corrected chi connectivity index (χ0v) is 15.2. The molecular formula is C16H16ClN5O3S. The van der Waals surface area contributed by atoms with Crippen molar-refractivity contribution in [1.82, 2.24) is 25.1 Å². The lowest BCUT2D eigenvalue weighted by atomic mass is 10.2. The lowest BCUT2D eigenvalue weighted by Gasteiger charge is -2.07. The first-order valence-corrected chi connectivity index (χ1v) is 9.14. The minimum Gasteiger partial charge on any atom is -0.394 e. The van der Waals surface area contributed by atoms with E-state index >= 15 is 0 Å². The second-order valence-electron chi connectivity index (χ2n) is 5.36. The summed E-state index contributed by atoms with van der Waals surface area (Å²) < 4.78 is 1.45. The molecule has 8 nitrogen and oxygen atoms in total. The first-order chi connectivity index (χ1) is 12.6. The maximum absolute atomic E-state index is 12.1. The summed E-state index contributed by atoms with van der Waals surface area (Å²) in [7, 11) is 0. The van der Waals surface area contributed by atoms with E-state index in [4.69, 9.17) is 16.7 Å². The van der Waals surface area contributed by atoms with E-state index in [2.05, 4.69) is 20.4 Å². The van der Waals surface area contributed by atoms with Crippen LogP contribution in [0.3, 0.4) is 0 Å². The molecule has 0 spiro atoms. The third-order valence-electron chi connectivity index (χ3n) is 3.57. The highest BCUT2D eigenvalue weighted by atomic mass is 35.5. The normalized spacial score (nSPS) is 11.0. The largest absolute Gasteiger partial charge is 0.394 e. The summed E-state index contributed by atoms with van der Waals surface area (Å²) in [5, 5.41) is 17.1. The molecule has 3 rings (SSSR count). The molecule has 0 bridgehead atoms. The zero-order chi connectivity index (χ0) is 18.5. The number of hydrogen-bond acceptors (Lipinski definition) is 6. The van der Waals surface area contributed by atoms with Gasteiger partial charge in [-0.05, 0) is 11.6 Å². The highest BCUT2D eigenvalue weighted by molar-refractivity contribution is 7.99. The highest BCUT2D eigenvalue weighted by Gasteiger charge is 2.12. The molecule has 0 fully saturated rings. The topological polar surface area (TPSA) is 113 Å². The molecule has 0 aliphatic heterocycles. The van der Waals surface area contributed by atoms with Gasteiger partial charge in [0.2, 0.25) is 5.91 Å². The van der Waals surface area contributed by atoms with E-state index in [0.717, 1.165) is 17.3 Å². The van der Waals surface area contributed by atoms with Crippen molar-refractivity contribution in [3.8, 4) is 0 Å². The number of carbonyl (C=O) groups excluding carboxylic acids is 1. The molecule has 3 N–H and O–H groups in total. The second-order valence-corrected chi connectivity index (χ2v) is 6.73. The lowest BCUT2D eigenvalue weighted by molar-refractivity contribution is -0.118. The SMILES string of the molecule is O=C(CSc1nc2c(cnn2CCO)c(=O)[nH]1)NCc1ccccc1Cl. The summed E-state index contributed by atoms with van der Waals surface area (Å²) in [6, 6.07) is 7.27. The number of aromatic amines is 1. The standard InChI is InChI=1S/C16H16ClN5O3S/c17-12-4-2-1-3-10(12)7-18-13(24)9-26-16-20-14-11(15(25)21-16)8-19-22(14)5-6-23/h1-4,8,23H,5-7,9H2,(H,18,24)(H,20,21,25). The Labute approximate surface area is 157 Å². The van der Waals surface area contributed by atoms with Gasteiger partial charge in [-0.15, -0.1) is 0 Å². The fraction of sp³-hybridized carbons (Fsp3) is 0.250. The van der Waals surface area contributed by atoms with Crippen LogP contribution < -0.4 is 10.9 Å². The molecule has 2 heterocycles. The fourth-order valence-electron chi connectivity index (χ4n) is 2.29. The van der Waals surface area contributed by atoms with Gasteiger partial charge in [0.1, 0.15) is 5.39 Å². The summed E-state index contributed by atoms with van der Waals surface area (Å²) in [5.41, 5.74) is 0.869. The summed E-state index contributed by atoms with van der Waals surface area (Å²) in [6.45, 7) is 0.450. The number of nitrogens with one attached hydrogen (secondary N) is 2. The molecule has 1 amide bonds. The molecule has 0 aliphatic rings. The van der Waals surface area contributed by atoms with Crippen molar-refractivity contribution in [2.45, 2.75) is 18.2 Å². The molecule has 0 radical (unpaired) electrons. The molecule has 10 heteroatoms. The highest BCUT2D eigenvalue weighted by Crippen LogP contribution is 2.16. The molecule has 2 aromatic heterocycles. The number of aliphatic hydroxyl groups is 1. The minimum absolute atomic E-state index is 0.0903. The van der Waals surface area contributed by atoms with Crippen molar-refractivity contribution in [2.75, 3.05) is 12.4 Å². The Morgan fingerprint density at radius 1 is 1.38 bits per heavy atom. The number of H-pyrrole nitrogens is 1. The van der Waals surface area contributed by atoms with Crippen molar-refractivity contribution in [3.63, 3.8) is 0 Å². The van der Waals surface area contributed by atoms with Gasteiger partial charge in [-0.25, -0.2) is 9.67 Å². The third-order valence-corrected chi connectivity index (χ3v) is 4.81. The van der Waals surface area contributed by atoms with Gasteiger partial charge < -0.3 is 15.4 Å². The number of benzene rings is 1. The van der Waals surface area contributed by atoms with E-state index in [1.165, 1.54) is 10.9 Å². The zero-order valence-electron chi connectivity index (χ0n) is 13.6. The van der Waals surface area contributed by atoms with Crippen molar-refractivity contribution >= 4 is 40.3 Å². The van der Waals surface area contributed by atoms with Crippen LogP contribution in [0.15, 0.2) is 40.4 Å². The summed E-state index contributed by atoms with van der Waals surface area (Å²) in [6.07, 6.45) is 1.40. The van der Waals surface area contributed by atoms with E-state index < -0.39 is 0 Å². The Morgan fingerprint density at radius 3 is 2.96 bits per heavy atom. The van der Waals surface area contributed by atoms with Gasteiger partial charge in [0.25, 0.3) is 5.56 Å². The maximum atomic E-state index is 12.1. The van der Waals surface area contributed by atoms with Gasteiger partial charge in [0.05, 0.1) is 25.1 Å². The average Bonchev–Trinajstić information content (AvgIpc) is 3.03. The number of rotatable bonds is 7. The Morgan fingerprint density at radius 2 is 2.19 bits per heavy atom. The third kappa shape index (κ3) is 4.24. The van der Waals surface area contributed by atoms with Crippen LogP contribution in [0.5, 0.6) is 0 Å². The van der Waals surface area contributed by atoms with Crippen LogP contribution in [0.1, 0.15) is 5.56 Å². The van der Waals surface area contributed by atoms with Crippen LogP contribution in [0, 0.1) is 0 Å². The van der Waals surface area contributed by atoms with Crippen LogP contribution in [0.4, 0.5) is 0 Å². The quantitative estimate of drug-likeness (QED) is 0.410. The first-order valence-electron chi connectivity index (χ1n) is 7.78. The van der Waals surface area contributed by atoms with Crippen LogP contribution in [0.2, 0.25) is 5.02 Å². The smallest absolute Gasteiger partial charge is 0.262 e. The molecule has 1 aromatic carbocycles. The van der Waals surface area contributed by atoms with Crippen LogP contribution >= 0.6 is 23.4 Å². The number of aliphatic hydroxyl groups excluding tert-OH is 1. The molecule has 3 aromatic rings. The molecule has 136 valence electrons. The Balaban J connectivity index is 1.63. The van der Waals surface area contributed by atoms with E-state index in [1.54, 1.807) is 6.07 Å². The number of aromatic nitrogens is 4. The van der Waals surface area contributed by atoms with Gasteiger partial charge in [0.15, 0.2) is 10.8 Å². The molecule has 0 unspecified atom stereocenters. The van der Waals surface area contributed by atoms with Crippen molar-refractivity contribution in [1.29, 1.82) is 0 Å². The Kier molecular flexibility index (Phi) is 5.92. The van der Waals surface area contributed by atoms with Crippen LogP contribution in [-0.4, -0.2) is 43.1 Å². The lowest BCUT2D eigenvalue weighted by Crippen LogP contribution is -2.25. The van der Waals surface area contributed by atoms with Gasteiger partial charge in [-0.3, -0.25) is 9.59 Å². The summed E-state index contributed by atoms with van der Waals surface area (Å²) >= 11 is 7.16. The maximum Gasteiger partial charge on any atom is 0.262 e. The number of amides is 1. The van der Waals surface area contributed by atoms with E-state index in [0.29, 0.717) is 27.8 Å². The van der Waals surface area contributed by atoms with Crippen molar-refractivity contribution in [3.05, 3.63) is 51.4 Å². The molecule has 0 saturated carbocycles. The van der Waals surface area contributed by atoms with Crippen molar-refractivity contribution in [2.24, 2.45) is 0 Å². The number of nitrogens with zero attached hydrogens (tertiary/aromatic N) is 3. The van der Waals surface area contributed by atoms with Gasteiger partial charge >= 0.3 is 0 Å². The number of hydrogen-bond donors (Lipinski definition) is 3. The average molecular weight is 394 g/mol. The monoisotopic (exact) mass is 393 g/mol. The second kappa shape index (κ2) is 8.35. The molecular weight excluding hydrogens is 378 g/mol.